The lowest BCUT2D eigenvalue weighted by Crippen LogP contribution is -2.07. The average molecular weight is 415 g/mol. The first-order valence-corrected chi connectivity index (χ1v) is 9.41. The molecule has 1 N–H and O–H groups in total. The van der Waals surface area contributed by atoms with Crippen LogP contribution in [0.15, 0.2) is 66.9 Å². The number of nitrogens with one attached hydrogen (secondary N) is 1. The molecule has 0 aliphatic carbocycles. The van der Waals surface area contributed by atoms with Gasteiger partial charge in [0.2, 0.25) is 11.8 Å². The zero-order chi connectivity index (χ0) is 22.1. The number of carbonyl (C=O) groups is 1. The molecule has 0 fully saturated rings. The van der Waals surface area contributed by atoms with E-state index in [1.165, 1.54) is 12.3 Å². The highest BCUT2D eigenvalue weighted by atomic mass is 16.5. The minimum atomic E-state index is -0.301. The van der Waals surface area contributed by atoms with E-state index in [1.54, 1.807) is 62.8 Å². The molecule has 2 aromatic carbocycles. The fourth-order valence-electron chi connectivity index (χ4n) is 2.68. The van der Waals surface area contributed by atoms with Crippen molar-refractivity contribution in [3.8, 4) is 29.2 Å². The van der Waals surface area contributed by atoms with E-state index < -0.39 is 0 Å². The Morgan fingerprint density at radius 2 is 1.74 bits per heavy atom. The van der Waals surface area contributed by atoms with E-state index in [4.69, 9.17) is 19.5 Å². The predicted octanol–water partition coefficient (Wildman–Crippen LogP) is 4.61. The van der Waals surface area contributed by atoms with Gasteiger partial charge < -0.3 is 19.5 Å². The molecule has 1 amide bonds. The van der Waals surface area contributed by atoms with Crippen LogP contribution in [0, 0.1) is 11.3 Å². The van der Waals surface area contributed by atoms with Crippen molar-refractivity contribution in [2.75, 3.05) is 19.5 Å². The molecular formula is C24H21N3O4. The first-order chi connectivity index (χ1) is 15.1. The Labute approximate surface area is 180 Å². The summed E-state index contributed by atoms with van der Waals surface area (Å²) >= 11 is 0. The van der Waals surface area contributed by atoms with E-state index in [1.807, 2.05) is 12.1 Å². The first kappa shape index (κ1) is 21.4. The number of rotatable bonds is 8. The molecular weight excluding hydrogens is 394 g/mol. The monoisotopic (exact) mass is 415 g/mol. The minimum absolute atomic E-state index is 0.301. The maximum Gasteiger partial charge on any atom is 0.248 e. The van der Waals surface area contributed by atoms with Gasteiger partial charge in [-0.1, -0.05) is 12.1 Å². The lowest BCUT2D eigenvalue weighted by Gasteiger charge is -2.07. The molecule has 0 saturated carbocycles. The highest BCUT2D eigenvalue weighted by Crippen LogP contribution is 2.24. The number of aromatic nitrogens is 1. The van der Waals surface area contributed by atoms with E-state index in [-0.39, 0.29) is 5.91 Å². The molecule has 0 atom stereocenters. The molecule has 7 nitrogen and oxygen atoms in total. The van der Waals surface area contributed by atoms with Crippen LogP contribution in [0.2, 0.25) is 0 Å². The molecule has 0 aliphatic rings. The van der Waals surface area contributed by atoms with Crippen LogP contribution in [0.3, 0.4) is 0 Å². The predicted molar refractivity (Wildman–Crippen MR) is 117 cm³/mol. The molecule has 1 heterocycles. The van der Waals surface area contributed by atoms with Crippen LogP contribution < -0.4 is 19.5 Å². The second kappa shape index (κ2) is 10.5. The molecule has 156 valence electrons. The van der Waals surface area contributed by atoms with E-state index >= 15 is 0 Å². The fourth-order valence-corrected chi connectivity index (χ4v) is 2.68. The number of hydrogen-bond donors (Lipinski definition) is 1. The number of hydrogen-bond acceptors (Lipinski definition) is 6. The van der Waals surface area contributed by atoms with Crippen LogP contribution in [0.5, 0.6) is 23.1 Å². The van der Waals surface area contributed by atoms with Crippen molar-refractivity contribution in [1.29, 1.82) is 5.26 Å². The molecule has 3 rings (SSSR count). The third-order valence-corrected chi connectivity index (χ3v) is 4.23. The van der Waals surface area contributed by atoms with Crippen molar-refractivity contribution in [3.05, 3.63) is 78.0 Å². The molecule has 0 aliphatic heterocycles. The summed E-state index contributed by atoms with van der Waals surface area (Å²) in [5.41, 5.74) is 2.23. The largest absolute Gasteiger partial charge is 0.497 e. The maximum absolute atomic E-state index is 12.2. The zero-order valence-corrected chi connectivity index (χ0v) is 17.2. The minimum Gasteiger partial charge on any atom is -0.497 e. The number of nitrogens with zero attached hydrogens (tertiary/aromatic N) is 2. The normalized spacial score (nSPS) is 10.4. The van der Waals surface area contributed by atoms with Crippen LogP contribution in [0.4, 0.5) is 5.69 Å². The van der Waals surface area contributed by atoms with E-state index in [9.17, 15) is 4.79 Å². The molecule has 7 heteroatoms. The number of carbonyl (C=O) groups excluding carboxylic acids is 1. The Hall–Kier alpha value is -4.31. The van der Waals surface area contributed by atoms with Gasteiger partial charge in [0.05, 0.1) is 38.6 Å². The third kappa shape index (κ3) is 6.34. The summed E-state index contributed by atoms with van der Waals surface area (Å²) in [5.74, 6) is 1.98. The van der Waals surface area contributed by atoms with Gasteiger partial charge in [-0.15, -0.1) is 0 Å². The molecule has 31 heavy (non-hydrogen) atoms. The van der Waals surface area contributed by atoms with Gasteiger partial charge in [-0.3, -0.25) is 4.79 Å². The number of anilines is 1. The lowest BCUT2D eigenvalue weighted by molar-refractivity contribution is -0.111. The SMILES string of the molecule is COc1cc(/C=C/C(=O)Nc2ccc(Oc3ccc(CC#N)cc3)nc2)cc(OC)c1. The van der Waals surface area contributed by atoms with Gasteiger partial charge in [0, 0.05) is 18.2 Å². The summed E-state index contributed by atoms with van der Waals surface area (Å²) in [6, 6.07) is 18.0. The van der Waals surface area contributed by atoms with E-state index in [2.05, 4.69) is 16.4 Å². The Bertz CT molecular complexity index is 1080. The van der Waals surface area contributed by atoms with Crippen LogP contribution in [0.25, 0.3) is 6.08 Å². The first-order valence-electron chi connectivity index (χ1n) is 9.41. The number of amides is 1. The highest BCUT2D eigenvalue weighted by Gasteiger charge is 2.04. The summed E-state index contributed by atoms with van der Waals surface area (Å²) in [5, 5.41) is 11.5. The number of pyridine rings is 1. The van der Waals surface area contributed by atoms with E-state index in [0.717, 1.165) is 11.1 Å². The molecule has 0 unspecified atom stereocenters. The van der Waals surface area contributed by atoms with Crippen molar-refractivity contribution in [1.82, 2.24) is 4.98 Å². The Morgan fingerprint density at radius 1 is 1.03 bits per heavy atom. The number of nitriles is 1. The second-order valence-corrected chi connectivity index (χ2v) is 6.43. The molecule has 0 radical (unpaired) electrons. The summed E-state index contributed by atoms with van der Waals surface area (Å²) in [6.45, 7) is 0. The quantitative estimate of drug-likeness (QED) is 0.540. The summed E-state index contributed by atoms with van der Waals surface area (Å²) in [7, 11) is 3.14. The zero-order valence-electron chi connectivity index (χ0n) is 17.2. The number of benzene rings is 2. The summed E-state index contributed by atoms with van der Waals surface area (Å²) < 4.78 is 16.1. The molecule has 3 aromatic rings. The van der Waals surface area contributed by atoms with Gasteiger partial charge in [-0.05, 0) is 47.5 Å². The summed E-state index contributed by atoms with van der Waals surface area (Å²) in [4.78, 5) is 16.4. The Morgan fingerprint density at radius 3 is 2.32 bits per heavy atom. The number of methoxy groups -OCH3 is 2. The van der Waals surface area contributed by atoms with Crippen molar-refractivity contribution in [3.63, 3.8) is 0 Å². The average Bonchev–Trinajstić information content (AvgIpc) is 2.80. The topological polar surface area (TPSA) is 93.5 Å². The highest BCUT2D eigenvalue weighted by molar-refractivity contribution is 6.01. The van der Waals surface area contributed by atoms with E-state index in [0.29, 0.717) is 35.2 Å². The second-order valence-electron chi connectivity index (χ2n) is 6.43. The van der Waals surface area contributed by atoms with Gasteiger partial charge in [0.15, 0.2) is 0 Å². The van der Waals surface area contributed by atoms with Crippen molar-refractivity contribution in [2.24, 2.45) is 0 Å². The Kier molecular flexibility index (Phi) is 7.22. The molecule has 1 aromatic heterocycles. The summed E-state index contributed by atoms with van der Waals surface area (Å²) in [6.07, 6.45) is 4.95. The standard InChI is InChI=1S/C24H21N3O4/c1-29-21-13-18(14-22(15-21)30-2)5-9-23(28)27-19-6-10-24(26-16-19)31-20-7-3-17(4-8-20)11-12-25/h3-10,13-16H,11H2,1-2H3,(H,27,28)/b9-5+. The van der Waals surface area contributed by atoms with Gasteiger partial charge in [0.25, 0.3) is 0 Å². The van der Waals surface area contributed by atoms with Gasteiger partial charge >= 0.3 is 0 Å². The van der Waals surface area contributed by atoms with Gasteiger partial charge in [-0.25, -0.2) is 4.98 Å². The van der Waals surface area contributed by atoms with Crippen LogP contribution in [0.1, 0.15) is 11.1 Å². The van der Waals surface area contributed by atoms with Crippen LogP contribution in [-0.2, 0) is 11.2 Å². The third-order valence-electron chi connectivity index (χ3n) is 4.23. The maximum atomic E-state index is 12.2. The van der Waals surface area contributed by atoms with Crippen molar-refractivity contribution >= 4 is 17.7 Å². The molecule has 0 bridgehead atoms. The number of ether oxygens (including phenoxy) is 3. The lowest BCUT2D eigenvalue weighted by atomic mass is 10.2. The molecule has 0 saturated heterocycles. The van der Waals surface area contributed by atoms with Crippen molar-refractivity contribution < 1.29 is 19.0 Å². The smallest absolute Gasteiger partial charge is 0.248 e. The van der Waals surface area contributed by atoms with Crippen LogP contribution in [-0.4, -0.2) is 25.1 Å². The van der Waals surface area contributed by atoms with Gasteiger partial charge in [-0.2, -0.15) is 5.26 Å². The molecule has 0 spiro atoms. The Balaban J connectivity index is 1.58. The van der Waals surface area contributed by atoms with Crippen molar-refractivity contribution in [2.45, 2.75) is 6.42 Å². The van der Waals surface area contributed by atoms with Gasteiger partial charge in [0.1, 0.15) is 17.2 Å². The fraction of sp³-hybridized carbons (Fsp3) is 0.125. The van der Waals surface area contributed by atoms with Crippen LogP contribution >= 0.6 is 0 Å².